The van der Waals surface area contributed by atoms with Gasteiger partial charge in [0.25, 0.3) is 0 Å². The predicted octanol–water partition coefficient (Wildman–Crippen LogP) is 0.674. The molecule has 7 heteroatoms. The molecule has 0 amide bonds. The SMILES string of the molecule is O=C(O)OC1C2CCC(O2)C1OC(=O)O. The van der Waals surface area contributed by atoms with E-state index in [0.29, 0.717) is 12.8 Å². The Balaban J connectivity index is 2.05. The molecule has 2 rings (SSSR count). The van der Waals surface area contributed by atoms with E-state index in [1.165, 1.54) is 0 Å². The second-order valence-corrected chi connectivity index (χ2v) is 3.49. The first-order chi connectivity index (χ1) is 7.08. The summed E-state index contributed by atoms with van der Waals surface area (Å²) in [7, 11) is 0. The number of carboxylic acid groups (broad SMARTS) is 2. The Bertz CT molecular complexity index is 261. The summed E-state index contributed by atoms with van der Waals surface area (Å²) in [6, 6.07) is 0. The monoisotopic (exact) mass is 218 g/mol. The van der Waals surface area contributed by atoms with Gasteiger partial charge in [0.1, 0.15) is 0 Å². The summed E-state index contributed by atoms with van der Waals surface area (Å²) < 4.78 is 14.4. The van der Waals surface area contributed by atoms with Crippen LogP contribution in [0.5, 0.6) is 0 Å². The fourth-order valence-corrected chi connectivity index (χ4v) is 2.11. The number of hydrogen-bond donors (Lipinski definition) is 2. The Kier molecular flexibility index (Phi) is 2.39. The first-order valence-electron chi connectivity index (χ1n) is 4.52. The number of carbonyl (C=O) groups is 2. The molecule has 15 heavy (non-hydrogen) atoms. The molecule has 7 nitrogen and oxygen atoms in total. The van der Waals surface area contributed by atoms with Crippen LogP contribution in [0.1, 0.15) is 12.8 Å². The van der Waals surface area contributed by atoms with Gasteiger partial charge in [-0.05, 0) is 12.8 Å². The van der Waals surface area contributed by atoms with Crippen LogP contribution in [0.2, 0.25) is 0 Å². The molecule has 2 fully saturated rings. The van der Waals surface area contributed by atoms with Gasteiger partial charge in [0, 0.05) is 0 Å². The van der Waals surface area contributed by atoms with Gasteiger partial charge >= 0.3 is 12.3 Å². The minimum atomic E-state index is -1.45. The maximum absolute atomic E-state index is 10.4. The number of rotatable bonds is 2. The normalized spacial score (nSPS) is 37.6. The minimum Gasteiger partial charge on any atom is -0.450 e. The van der Waals surface area contributed by atoms with Crippen LogP contribution in [0.25, 0.3) is 0 Å². The van der Waals surface area contributed by atoms with E-state index in [1.807, 2.05) is 0 Å². The quantitative estimate of drug-likeness (QED) is 0.656. The van der Waals surface area contributed by atoms with Gasteiger partial charge in [0.2, 0.25) is 0 Å². The lowest BCUT2D eigenvalue weighted by Crippen LogP contribution is -2.43. The molecular weight excluding hydrogens is 208 g/mol. The Morgan fingerprint density at radius 1 is 1.00 bits per heavy atom. The lowest BCUT2D eigenvalue weighted by molar-refractivity contribution is -0.0439. The van der Waals surface area contributed by atoms with E-state index in [4.69, 9.17) is 14.9 Å². The molecule has 0 saturated carbocycles. The first kappa shape index (κ1) is 10.0. The van der Waals surface area contributed by atoms with Crippen LogP contribution in [0.4, 0.5) is 9.59 Å². The van der Waals surface area contributed by atoms with Crippen LogP contribution in [0, 0.1) is 0 Å². The predicted molar refractivity (Wildman–Crippen MR) is 43.7 cm³/mol. The van der Waals surface area contributed by atoms with Crippen LogP contribution in [-0.4, -0.2) is 46.9 Å². The van der Waals surface area contributed by atoms with Crippen LogP contribution >= 0.6 is 0 Å². The lowest BCUT2D eigenvalue weighted by Gasteiger charge is -2.25. The smallest absolute Gasteiger partial charge is 0.450 e. The van der Waals surface area contributed by atoms with Gasteiger partial charge in [-0.3, -0.25) is 0 Å². The summed E-state index contributed by atoms with van der Waals surface area (Å²) in [5, 5.41) is 16.9. The van der Waals surface area contributed by atoms with Gasteiger partial charge in [-0.2, -0.15) is 0 Å². The van der Waals surface area contributed by atoms with Crippen LogP contribution in [0.15, 0.2) is 0 Å². The molecule has 2 bridgehead atoms. The van der Waals surface area contributed by atoms with Crippen molar-refractivity contribution >= 4 is 12.3 Å². The van der Waals surface area contributed by atoms with Crippen molar-refractivity contribution in [2.75, 3.05) is 0 Å². The van der Waals surface area contributed by atoms with Gasteiger partial charge in [-0.15, -0.1) is 0 Å². The van der Waals surface area contributed by atoms with E-state index in [2.05, 4.69) is 9.47 Å². The molecule has 0 aliphatic carbocycles. The van der Waals surface area contributed by atoms with Gasteiger partial charge in [0.15, 0.2) is 12.2 Å². The average Bonchev–Trinajstić information content (AvgIpc) is 2.67. The molecule has 2 heterocycles. The van der Waals surface area contributed by atoms with Crippen molar-refractivity contribution in [3.63, 3.8) is 0 Å². The highest BCUT2D eigenvalue weighted by Crippen LogP contribution is 2.38. The third-order valence-electron chi connectivity index (χ3n) is 2.62. The number of fused-ring (bicyclic) bond motifs is 2. The van der Waals surface area contributed by atoms with E-state index in [9.17, 15) is 9.59 Å². The Morgan fingerprint density at radius 2 is 1.40 bits per heavy atom. The Hall–Kier alpha value is -1.50. The average molecular weight is 218 g/mol. The highest BCUT2D eigenvalue weighted by molar-refractivity contribution is 5.59. The Labute approximate surface area is 84.5 Å². The van der Waals surface area contributed by atoms with E-state index >= 15 is 0 Å². The third-order valence-corrected chi connectivity index (χ3v) is 2.62. The molecule has 2 saturated heterocycles. The van der Waals surface area contributed by atoms with E-state index in [0.717, 1.165) is 0 Å². The summed E-state index contributed by atoms with van der Waals surface area (Å²) in [4.78, 5) is 20.8. The summed E-state index contributed by atoms with van der Waals surface area (Å²) in [5.41, 5.74) is 0. The first-order valence-corrected chi connectivity index (χ1v) is 4.52. The summed E-state index contributed by atoms with van der Waals surface area (Å²) in [5.74, 6) is 0. The molecule has 0 spiro atoms. The fourth-order valence-electron chi connectivity index (χ4n) is 2.11. The summed E-state index contributed by atoms with van der Waals surface area (Å²) in [6.45, 7) is 0. The van der Waals surface area contributed by atoms with Crippen molar-refractivity contribution < 1.29 is 34.0 Å². The van der Waals surface area contributed by atoms with Crippen molar-refractivity contribution in [1.29, 1.82) is 0 Å². The molecule has 4 atom stereocenters. The fraction of sp³-hybridized carbons (Fsp3) is 0.750. The molecule has 0 aromatic heterocycles. The van der Waals surface area contributed by atoms with Crippen molar-refractivity contribution in [3.8, 4) is 0 Å². The van der Waals surface area contributed by atoms with E-state index in [1.54, 1.807) is 0 Å². The summed E-state index contributed by atoms with van der Waals surface area (Å²) >= 11 is 0. The third kappa shape index (κ3) is 1.82. The van der Waals surface area contributed by atoms with Crippen LogP contribution in [0.3, 0.4) is 0 Å². The zero-order valence-electron chi connectivity index (χ0n) is 7.66. The largest absolute Gasteiger partial charge is 0.506 e. The second-order valence-electron chi connectivity index (χ2n) is 3.49. The molecule has 2 N–H and O–H groups in total. The maximum Gasteiger partial charge on any atom is 0.506 e. The molecule has 0 aromatic carbocycles. The lowest BCUT2D eigenvalue weighted by atomic mass is 9.95. The molecule has 2 aliphatic heterocycles. The van der Waals surface area contributed by atoms with Crippen molar-refractivity contribution in [1.82, 2.24) is 0 Å². The van der Waals surface area contributed by atoms with E-state index < -0.39 is 24.5 Å². The second kappa shape index (κ2) is 3.58. The van der Waals surface area contributed by atoms with Gasteiger partial charge in [-0.1, -0.05) is 0 Å². The van der Waals surface area contributed by atoms with Crippen LogP contribution < -0.4 is 0 Å². The van der Waals surface area contributed by atoms with Crippen LogP contribution in [-0.2, 0) is 14.2 Å². The number of hydrogen-bond acceptors (Lipinski definition) is 5. The van der Waals surface area contributed by atoms with E-state index in [-0.39, 0.29) is 12.2 Å². The molecule has 0 aromatic rings. The molecule has 2 aliphatic rings. The Morgan fingerprint density at radius 3 is 1.73 bits per heavy atom. The zero-order chi connectivity index (χ0) is 11.0. The number of ether oxygens (including phenoxy) is 3. The zero-order valence-corrected chi connectivity index (χ0v) is 7.66. The van der Waals surface area contributed by atoms with Gasteiger partial charge in [-0.25, -0.2) is 9.59 Å². The van der Waals surface area contributed by atoms with Crippen molar-refractivity contribution in [2.24, 2.45) is 0 Å². The molecule has 4 unspecified atom stereocenters. The summed E-state index contributed by atoms with van der Waals surface area (Å²) in [6.07, 6.45) is -3.99. The minimum absolute atomic E-state index is 0.379. The molecular formula is C8H10O7. The molecule has 0 radical (unpaired) electrons. The maximum atomic E-state index is 10.4. The molecule has 84 valence electrons. The van der Waals surface area contributed by atoms with Gasteiger partial charge < -0.3 is 24.4 Å². The van der Waals surface area contributed by atoms with Crippen molar-refractivity contribution in [3.05, 3.63) is 0 Å². The van der Waals surface area contributed by atoms with Gasteiger partial charge in [0.05, 0.1) is 12.2 Å². The topological polar surface area (TPSA) is 102 Å². The standard InChI is InChI=1S/C8H10O7/c9-7(10)14-5-3-1-2-4(13-3)6(5)15-8(11)12/h3-6H,1-2H2,(H,9,10)(H,11,12). The highest BCUT2D eigenvalue weighted by atomic mass is 16.7. The van der Waals surface area contributed by atoms with Crippen molar-refractivity contribution in [2.45, 2.75) is 37.3 Å². The highest BCUT2D eigenvalue weighted by Gasteiger charge is 2.53.